The molecule has 0 saturated carbocycles. The number of rotatable bonds is 3. The number of nitrogens with two attached hydrogens (primary N) is 2. The molecule has 0 unspecified atom stereocenters. The Morgan fingerprint density at radius 1 is 1.69 bits per heavy atom. The van der Waals surface area contributed by atoms with E-state index in [1.165, 1.54) is 10.9 Å². The van der Waals surface area contributed by atoms with Crippen molar-refractivity contribution < 1.29 is 4.79 Å². The second kappa shape index (κ2) is 3.10. The van der Waals surface area contributed by atoms with Crippen LogP contribution in [0.3, 0.4) is 0 Å². The molecule has 0 aliphatic rings. The lowest BCUT2D eigenvalue weighted by Gasteiger charge is -1.95. The fourth-order valence-electron chi connectivity index (χ4n) is 0.958. The third kappa shape index (κ3) is 1.28. The van der Waals surface area contributed by atoms with Crippen molar-refractivity contribution in [3.8, 4) is 0 Å². The summed E-state index contributed by atoms with van der Waals surface area (Å²) in [5, 5.41) is 3.76. The normalized spacial score (nSPS) is 9.54. The number of carbonyl (C=O) groups excluding carboxylic acids is 1. The van der Waals surface area contributed by atoms with Crippen molar-refractivity contribution in [2.45, 2.75) is 0 Å². The first kappa shape index (κ1) is 8.98. The first-order chi connectivity index (χ1) is 6.11. The minimum atomic E-state index is -0.687. The minimum absolute atomic E-state index is 0.0230. The summed E-state index contributed by atoms with van der Waals surface area (Å²) in [6.45, 7) is 6.73. The van der Waals surface area contributed by atoms with Crippen LogP contribution in [0, 0.1) is 0 Å². The van der Waals surface area contributed by atoms with Crippen LogP contribution in [0.5, 0.6) is 0 Å². The zero-order chi connectivity index (χ0) is 10.0. The Kier molecular flexibility index (Phi) is 2.14. The molecule has 6 nitrogen and oxygen atoms in total. The highest BCUT2D eigenvalue weighted by Crippen LogP contribution is 2.23. The van der Waals surface area contributed by atoms with Gasteiger partial charge in [-0.1, -0.05) is 6.58 Å². The molecule has 0 bridgehead atoms. The highest BCUT2D eigenvalue weighted by atomic mass is 16.1. The molecule has 6 heteroatoms. The monoisotopic (exact) mass is 179 g/mol. The van der Waals surface area contributed by atoms with Gasteiger partial charge >= 0.3 is 0 Å². The molecule has 1 rings (SSSR count). The maximum absolute atomic E-state index is 10.9. The van der Waals surface area contributed by atoms with Gasteiger partial charge in [0, 0.05) is 6.20 Å². The number of hydrogen-bond donors (Lipinski definition) is 2. The number of nitrogen functional groups attached to an aromatic ring is 1. The highest BCUT2D eigenvalue weighted by molar-refractivity contribution is 6.02. The van der Waals surface area contributed by atoms with Crippen LogP contribution in [0.15, 0.2) is 11.6 Å². The summed E-state index contributed by atoms with van der Waals surface area (Å²) in [5.74, 6) is -0.456. The van der Waals surface area contributed by atoms with Gasteiger partial charge in [-0.2, -0.15) is 0 Å². The van der Waals surface area contributed by atoms with E-state index in [1.807, 2.05) is 0 Å². The van der Waals surface area contributed by atoms with E-state index in [9.17, 15) is 4.79 Å². The van der Waals surface area contributed by atoms with Gasteiger partial charge in [0.25, 0.3) is 5.91 Å². The van der Waals surface area contributed by atoms with Crippen LogP contribution in [0.4, 0.5) is 11.6 Å². The average Bonchev–Trinajstić information content (AvgIpc) is 2.41. The summed E-state index contributed by atoms with van der Waals surface area (Å²) >= 11 is 0. The Hall–Kier alpha value is -2.11. The van der Waals surface area contributed by atoms with Crippen molar-refractivity contribution in [2.24, 2.45) is 10.7 Å². The Morgan fingerprint density at radius 2 is 2.31 bits per heavy atom. The van der Waals surface area contributed by atoms with E-state index in [2.05, 4.69) is 23.4 Å². The van der Waals surface area contributed by atoms with Gasteiger partial charge in [-0.25, -0.2) is 9.67 Å². The Morgan fingerprint density at radius 3 is 2.69 bits per heavy atom. The molecule has 0 spiro atoms. The molecule has 1 amide bonds. The summed E-state index contributed by atoms with van der Waals surface area (Å²) in [6.07, 6.45) is 1.35. The summed E-state index contributed by atoms with van der Waals surface area (Å²) in [6, 6.07) is 0. The van der Waals surface area contributed by atoms with Gasteiger partial charge in [0.05, 0.1) is 0 Å². The maximum Gasteiger partial charge on any atom is 0.256 e. The molecule has 0 aliphatic heterocycles. The molecule has 0 aromatic carbocycles. The van der Waals surface area contributed by atoms with Gasteiger partial charge in [-0.3, -0.25) is 4.79 Å². The third-order valence-corrected chi connectivity index (χ3v) is 1.48. The lowest BCUT2D eigenvalue weighted by Crippen LogP contribution is -2.12. The number of carbonyl (C=O) groups is 1. The number of aromatic nitrogens is 2. The van der Waals surface area contributed by atoms with Gasteiger partial charge in [-0.05, 0) is 6.72 Å². The van der Waals surface area contributed by atoms with Crippen molar-refractivity contribution in [1.29, 1.82) is 0 Å². The predicted molar refractivity (Wildman–Crippen MR) is 50.8 cm³/mol. The topological polar surface area (TPSA) is 99.3 Å². The number of anilines is 1. The van der Waals surface area contributed by atoms with Crippen LogP contribution in [0.1, 0.15) is 10.4 Å². The van der Waals surface area contributed by atoms with Crippen molar-refractivity contribution in [2.75, 3.05) is 5.73 Å². The summed E-state index contributed by atoms with van der Waals surface area (Å²) < 4.78 is 1.24. The van der Waals surface area contributed by atoms with Gasteiger partial charge in [0.15, 0.2) is 11.6 Å². The largest absolute Gasteiger partial charge is 0.381 e. The molecular weight excluding hydrogens is 170 g/mol. The molecule has 13 heavy (non-hydrogen) atoms. The number of aliphatic imine (C=N–C) groups is 1. The molecule has 1 aromatic rings. The van der Waals surface area contributed by atoms with Gasteiger partial charge < -0.3 is 11.5 Å². The zero-order valence-corrected chi connectivity index (χ0v) is 6.90. The van der Waals surface area contributed by atoms with E-state index < -0.39 is 5.91 Å². The van der Waals surface area contributed by atoms with E-state index in [1.54, 1.807) is 0 Å². The van der Waals surface area contributed by atoms with Gasteiger partial charge in [-0.15, -0.1) is 5.10 Å². The first-order valence-corrected chi connectivity index (χ1v) is 3.38. The lowest BCUT2D eigenvalue weighted by atomic mass is 10.3. The summed E-state index contributed by atoms with van der Waals surface area (Å²) in [7, 11) is 0. The Balaban J connectivity index is 3.48. The van der Waals surface area contributed by atoms with E-state index in [0.29, 0.717) is 0 Å². The predicted octanol–water partition coefficient (Wildman–Crippen LogP) is -0.00320. The molecule has 0 aliphatic carbocycles. The molecule has 4 N–H and O–H groups in total. The fourth-order valence-corrected chi connectivity index (χ4v) is 0.958. The molecule has 1 aromatic heterocycles. The molecule has 0 fully saturated rings. The smallest absolute Gasteiger partial charge is 0.256 e. The van der Waals surface area contributed by atoms with Crippen LogP contribution in [0.25, 0.3) is 6.20 Å². The highest BCUT2D eigenvalue weighted by Gasteiger charge is 2.17. The average molecular weight is 179 g/mol. The fraction of sp³-hybridized carbons (Fsp3) is 0. The third-order valence-electron chi connectivity index (χ3n) is 1.48. The number of primary amides is 1. The SMILES string of the molecule is C=Cn1nc(N)c(C(N)=O)c1N=C. The van der Waals surface area contributed by atoms with E-state index in [-0.39, 0.29) is 17.2 Å². The van der Waals surface area contributed by atoms with Crippen molar-refractivity contribution in [3.63, 3.8) is 0 Å². The molecule has 1 heterocycles. The summed E-state index contributed by atoms with van der Waals surface area (Å²) in [5.41, 5.74) is 10.6. The molecular formula is C7H9N5O. The van der Waals surface area contributed by atoms with E-state index in [0.717, 1.165) is 0 Å². The van der Waals surface area contributed by atoms with Crippen LogP contribution in [-0.4, -0.2) is 22.4 Å². The standard InChI is InChI=1S/C7H9N5O/c1-3-12-7(10-2)4(6(9)13)5(8)11-12/h3H,1-2H2,(H2,8,11)(H2,9,13). The van der Waals surface area contributed by atoms with Gasteiger partial charge in [0.2, 0.25) is 0 Å². The Labute approximate surface area is 74.5 Å². The van der Waals surface area contributed by atoms with Crippen molar-refractivity contribution >= 4 is 30.5 Å². The molecule has 0 radical (unpaired) electrons. The van der Waals surface area contributed by atoms with E-state index >= 15 is 0 Å². The van der Waals surface area contributed by atoms with E-state index in [4.69, 9.17) is 11.5 Å². The number of hydrogen-bond acceptors (Lipinski definition) is 4. The maximum atomic E-state index is 10.9. The van der Waals surface area contributed by atoms with Crippen LogP contribution in [-0.2, 0) is 0 Å². The molecule has 68 valence electrons. The molecule has 0 saturated heterocycles. The number of amides is 1. The van der Waals surface area contributed by atoms with Crippen molar-refractivity contribution in [3.05, 3.63) is 12.1 Å². The first-order valence-electron chi connectivity index (χ1n) is 3.38. The van der Waals surface area contributed by atoms with Crippen LogP contribution in [0.2, 0.25) is 0 Å². The quantitative estimate of drug-likeness (QED) is 0.638. The summed E-state index contributed by atoms with van der Waals surface area (Å²) in [4.78, 5) is 14.5. The second-order valence-electron chi connectivity index (χ2n) is 2.23. The van der Waals surface area contributed by atoms with Crippen LogP contribution >= 0.6 is 0 Å². The minimum Gasteiger partial charge on any atom is -0.381 e. The second-order valence-corrected chi connectivity index (χ2v) is 2.23. The van der Waals surface area contributed by atoms with Gasteiger partial charge in [0.1, 0.15) is 5.56 Å². The van der Waals surface area contributed by atoms with Crippen molar-refractivity contribution in [1.82, 2.24) is 9.78 Å². The Bertz CT molecular complexity index is 378. The van der Waals surface area contributed by atoms with Crippen LogP contribution < -0.4 is 11.5 Å². The molecule has 0 atom stereocenters. The number of nitrogens with zero attached hydrogens (tertiary/aromatic N) is 3. The zero-order valence-electron chi connectivity index (χ0n) is 6.90. The lowest BCUT2D eigenvalue weighted by molar-refractivity contribution is 0.100.